The van der Waals surface area contributed by atoms with Crippen molar-refractivity contribution in [2.45, 2.75) is 64.8 Å². The molecule has 1 fully saturated rings. The maximum Gasteiger partial charge on any atom is 0.321 e. The van der Waals surface area contributed by atoms with E-state index in [9.17, 15) is 14.4 Å². The zero-order valence-corrected chi connectivity index (χ0v) is 12.2. The number of carbonyl (C=O) groups excluding carboxylic acids is 2. The van der Waals surface area contributed by atoms with Gasteiger partial charge in [-0.1, -0.05) is 19.8 Å². The molecule has 0 spiro atoms. The Labute approximate surface area is 119 Å². The molecule has 3 N–H and O–H groups in total. The second-order valence-corrected chi connectivity index (χ2v) is 5.79. The second-order valence-electron chi connectivity index (χ2n) is 5.79. The fraction of sp³-hybridized carbons (Fsp3) is 0.786. The molecule has 1 atom stereocenters. The van der Waals surface area contributed by atoms with Gasteiger partial charge in [-0.2, -0.15) is 0 Å². The van der Waals surface area contributed by atoms with Gasteiger partial charge in [-0.3, -0.25) is 14.9 Å². The molecule has 1 saturated carbocycles. The highest BCUT2D eigenvalue weighted by Crippen LogP contribution is 2.43. The third-order valence-corrected chi connectivity index (χ3v) is 3.97. The molecule has 114 valence electrons. The molecule has 0 aromatic rings. The highest BCUT2D eigenvalue weighted by atomic mass is 16.4. The van der Waals surface area contributed by atoms with E-state index in [4.69, 9.17) is 5.11 Å². The van der Waals surface area contributed by atoms with Gasteiger partial charge in [0.2, 0.25) is 5.91 Å². The van der Waals surface area contributed by atoms with Crippen LogP contribution in [0.25, 0.3) is 0 Å². The van der Waals surface area contributed by atoms with Crippen LogP contribution < -0.4 is 10.6 Å². The largest absolute Gasteiger partial charge is 0.481 e. The number of hydrogen-bond donors (Lipinski definition) is 3. The Kier molecular flexibility index (Phi) is 5.98. The highest BCUT2D eigenvalue weighted by Gasteiger charge is 2.38. The summed E-state index contributed by atoms with van der Waals surface area (Å²) in [5.74, 6) is -1.28. The maximum absolute atomic E-state index is 11.9. The molecule has 20 heavy (non-hydrogen) atoms. The number of aliphatic carboxylic acids is 1. The maximum atomic E-state index is 11.9. The SMILES string of the molecule is CCC(C)NC(=O)NC(=O)CC1(CC(=O)O)CCCC1. The van der Waals surface area contributed by atoms with Crippen molar-refractivity contribution in [3.8, 4) is 0 Å². The Morgan fingerprint density at radius 3 is 2.30 bits per heavy atom. The van der Waals surface area contributed by atoms with E-state index in [1.807, 2.05) is 13.8 Å². The summed E-state index contributed by atoms with van der Waals surface area (Å²) in [6.07, 6.45) is 4.24. The number of carbonyl (C=O) groups is 3. The normalized spacial score (nSPS) is 18.3. The van der Waals surface area contributed by atoms with Gasteiger partial charge in [-0.05, 0) is 31.6 Å². The Balaban J connectivity index is 2.50. The zero-order valence-electron chi connectivity index (χ0n) is 12.2. The molecule has 0 aromatic carbocycles. The summed E-state index contributed by atoms with van der Waals surface area (Å²) in [6, 6.07) is -0.505. The Morgan fingerprint density at radius 2 is 1.80 bits per heavy atom. The minimum atomic E-state index is -0.885. The number of amides is 3. The topological polar surface area (TPSA) is 95.5 Å². The molecule has 1 aliphatic carbocycles. The van der Waals surface area contributed by atoms with E-state index < -0.39 is 23.3 Å². The summed E-state index contributed by atoms with van der Waals surface area (Å²) < 4.78 is 0. The second kappa shape index (κ2) is 7.26. The van der Waals surface area contributed by atoms with E-state index >= 15 is 0 Å². The van der Waals surface area contributed by atoms with Crippen LogP contribution in [0.2, 0.25) is 0 Å². The van der Waals surface area contributed by atoms with Crippen LogP contribution in [0, 0.1) is 5.41 Å². The van der Waals surface area contributed by atoms with Crippen molar-refractivity contribution < 1.29 is 19.5 Å². The fourth-order valence-electron chi connectivity index (χ4n) is 2.74. The summed E-state index contributed by atoms with van der Waals surface area (Å²) in [7, 11) is 0. The van der Waals surface area contributed by atoms with Gasteiger partial charge in [0, 0.05) is 12.5 Å². The van der Waals surface area contributed by atoms with E-state index in [0.717, 1.165) is 32.1 Å². The van der Waals surface area contributed by atoms with E-state index in [-0.39, 0.29) is 18.9 Å². The van der Waals surface area contributed by atoms with Crippen LogP contribution in [0.4, 0.5) is 4.79 Å². The molecule has 6 heteroatoms. The monoisotopic (exact) mass is 284 g/mol. The molecule has 1 rings (SSSR count). The lowest BCUT2D eigenvalue weighted by molar-refractivity contribution is -0.140. The lowest BCUT2D eigenvalue weighted by Gasteiger charge is -2.26. The Bertz CT molecular complexity index is 375. The quantitative estimate of drug-likeness (QED) is 0.695. The molecule has 3 amide bonds. The van der Waals surface area contributed by atoms with Crippen LogP contribution in [-0.2, 0) is 9.59 Å². The van der Waals surface area contributed by atoms with Crippen molar-refractivity contribution in [2.24, 2.45) is 5.41 Å². The third kappa shape index (κ3) is 5.19. The predicted molar refractivity (Wildman–Crippen MR) is 74.2 cm³/mol. The summed E-state index contributed by atoms with van der Waals surface area (Å²) in [4.78, 5) is 34.4. The molecule has 0 heterocycles. The van der Waals surface area contributed by atoms with E-state index in [1.165, 1.54) is 0 Å². The van der Waals surface area contributed by atoms with Crippen LogP contribution in [0.15, 0.2) is 0 Å². The summed E-state index contributed by atoms with van der Waals surface area (Å²) in [6.45, 7) is 3.79. The minimum Gasteiger partial charge on any atom is -0.481 e. The minimum absolute atomic E-state index is 0.00209. The summed E-state index contributed by atoms with van der Waals surface area (Å²) in [5.41, 5.74) is -0.480. The standard InChI is InChI=1S/C14H24N2O4/c1-3-10(2)15-13(20)16-11(17)8-14(9-12(18)19)6-4-5-7-14/h10H,3-9H2,1-2H3,(H,18,19)(H2,15,16,17,20). The van der Waals surface area contributed by atoms with Crippen LogP contribution >= 0.6 is 0 Å². The molecule has 1 aliphatic rings. The van der Waals surface area contributed by atoms with Crippen LogP contribution in [0.1, 0.15) is 58.8 Å². The number of imide groups is 1. The van der Waals surface area contributed by atoms with Gasteiger partial charge in [0.05, 0.1) is 6.42 Å². The highest BCUT2D eigenvalue weighted by molar-refractivity contribution is 5.94. The Morgan fingerprint density at radius 1 is 1.20 bits per heavy atom. The molecular formula is C14H24N2O4. The van der Waals surface area contributed by atoms with Gasteiger partial charge < -0.3 is 10.4 Å². The first-order valence-electron chi connectivity index (χ1n) is 7.19. The van der Waals surface area contributed by atoms with Crippen molar-refractivity contribution in [3.63, 3.8) is 0 Å². The summed E-state index contributed by atoms with van der Waals surface area (Å²) in [5, 5.41) is 13.9. The fourth-order valence-corrected chi connectivity index (χ4v) is 2.74. The first-order chi connectivity index (χ1) is 9.37. The van der Waals surface area contributed by atoms with Gasteiger partial charge >= 0.3 is 12.0 Å². The molecule has 0 aliphatic heterocycles. The molecule has 0 aromatic heterocycles. The molecular weight excluding hydrogens is 260 g/mol. The first kappa shape index (κ1) is 16.5. The first-order valence-corrected chi connectivity index (χ1v) is 7.19. The van der Waals surface area contributed by atoms with Crippen LogP contribution in [0.5, 0.6) is 0 Å². The number of carboxylic acid groups (broad SMARTS) is 1. The van der Waals surface area contributed by atoms with Crippen LogP contribution in [0.3, 0.4) is 0 Å². The van der Waals surface area contributed by atoms with Gasteiger partial charge in [0.15, 0.2) is 0 Å². The third-order valence-electron chi connectivity index (χ3n) is 3.97. The van der Waals surface area contributed by atoms with Crippen molar-refractivity contribution in [1.29, 1.82) is 0 Å². The molecule has 0 saturated heterocycles. The molecule has 6 nitrogen and oxygen atoms in total. The molecule has 1 unspecified atom stereocenters. The zero-order chi connectivity index (χ0) is 15.2. The Hall–Kier alpha value is -1.59. The lowest BCUT2D eigenvalue weighted by atomic mass is 9.79. The predicted octanol–water partition coefficient (Wildman–Crippen LogP) is 2.04. The summed E-state index contributed by atoms with van der Waals surface area (Å²) >= 11 is 0. The van der Waals surface area contributed by atoms with Crippen molar-refractivity contribution in [1.82, 2.24) is 10.6 Å². The van der Waals surface area contributed by atoms with E-state index in [1.54, 1.807) is 0 Å². The van der Waals surface area contributed by atoms with Crippen LogP contribution in [-0.4, -0.2) is 29.1 Å². The number of rotatable bonds is 6. The van der Waals surface area contributed by atoms with Gasteiger partial charge in [0.25, 0.3) is 0 Å². The molecule has 0 radical (unpaired) electrons. The van der Waals surface area contributed by atoms with Gasteiger partial charge in [0.1, 0.15) is 0 Å². The van der Waals surface area contributed by atoms with E-state index in [2.05, 4.69) is 10.6 Å². The van der Waals surface area contributed by atoms with Gasteiger partial charge in [-0.15, -0.1) is 0 Å². The number of carboxylic acids is 1. The number of urea groups is 1. The lowest BCUT2D eigenvalue weighted by Crippen LogP contribution is -2.44. The van der Waals surface area contributed by atoms with E-state index in [0.29, 0.717) is 0 Å². The smallest absolute Gasteiger partial charge is 0.321 e. The van der Waals surface area contributed by atoms with Gasteiger partial charge in [-0.25, -0.2) is 4.79 Å². The number of hydrogen-bond acceptors (Lipinski definition) is 3. The average molecular weight is 284 g/mol. The van der Waals surface area contributed by atoms with Crippen molar-refractivity contribution in [2.75, 3.05) is 0 Å². The number of nitrogens with one attached hydrogen (secondary N) is 2. The van der Waals surface area contributed by atoms with Crippen molar-refractivity contribution in [3.05, 3.63) is 0 Å². The molecule has 0 bridgehead atoms. The average Bonchev–Trinajstić information content (AvgIpc) is 2.75. The van der Waals surface area contributed by atoms with Crippen molar-refractivity contribution >= 4 is 17.9 Å².